The zero-order valence-corrected chi connectivity index (χ0v) is 13.8. The Kier molecular flexibility index (Phi) is 4.08. The lowest BCUT2D eigenvalue weighted by Gasteiger charge is -2.17. The fourth-order valence-electron chi connectivity index (χ4n) is 2.47. The first kappa shape index (κ1) is 15.5. The standard InChI is InChI=1S/C17H25N3O/c1-11(2)20-12(3)19-14-9-13(7-8-15(14)20)10-18-16(21)17(4,5)6/h7-9,11H,10H2,1-6H3,(H,18,21). The Morgan fingerprint density at radius 2 is 2.00 bits per heavy atom. The smallest absolute Gasteiger partial charge is 0.225 e. The lowest BCUT2D eigenvalue weighted by atomic mass is 9.95. The minimum Gasteiger partial charge on any atom is -0.352 e. The van der Waals surface area contributed by atoms with Crippen LogP contribution in [0, 0.1) is 12.3 Å². The fourth-order valence-corrected chi connectivity index (χ4v) is 2.47. The number of nitrogens with zero attached hydrogens (tertiary/aromatic N) is 2. The summed E-state index contributed by atoms with van der Waals surface area (Å²) in [6, 6.07) is 6.60. The quantitative estimate of drug-likeness (QED) is 0.937. The second-order valence-electron chi connectivity index (χ2n) is 6.88. The Hall–Kier alpha value is -1.84. The van der Waals surface area contributed by atoms with Gasteiger partial charge in [0.05, 0.1) is 11.0 Å². The van der Waals surface area contributed by atoms with Crippen molar-refractivity contribution in [1.82, 2.24) is 14.9 Å². The molecule has 114 valence electrons. The molecule has 0 saturated heterocycles. The van der Waals surface area contributed by atoms with Gasteiger partial charge in [0.15, 0.2) is 0 Å². The molecule has 1 aromatic heterocycles. The molecular formula is C17H25N3O. The predicted molar refractivity (Wildman–Crippen MR) is 86.2 cm³/mol. The maximum atomic E-state index is 11.9. The van der Waals surface area contributed by atoms with Gasteiger partial charge in [-0.25, -0.2) is 4.98 Å². The molecule has 0 aliphatic heterocycles. The highest BCUT2D eigenvalue weighted by molar-refractivity contribution is 5.81. The zero-order chi connectivity index (χ0) is 15.8. The van der Waals surface area contributed by atoms with Crippen LogP contribution in [0.15, 0.2) is 18.2 Å². The summed E-state index contributed by atoms with van der Waals surface area (Å²) in [5, 5.41) is 2.97. The fraction of sp³-hybridized carbons (Fsp3) is 0.529. The predicted octanol–water partition coefficient (Wildman–Crippen LogP) is 3.59. The zero-order valence-electron chi connectivity index (χ0n) is 13.8. The normalized spacial score (nSPS) is 12.1. The topological polar surface area (TPSA) is 46.9 Å². The van der Waals surface area contributed by atoms with Gasteiger partial charge in [0, 0.05) is 18.0 Å². The summed E-state index contributed by atoms with van der Waals surface area (Å²) in [6.07, 6.45) is 0. The van der Waals surface area contributed by atoms with E-state index in [9.17, 15) is 4.79 Å². The number of aryl methyl sites for hydroxylation is 1. The summed E-state index contributed by atoms with van der Waals surface area (Å²) >= 11 is 0. The molecule has 2 aromatic rings. The van der Waals surface area contributed by atoms with E-state index >= 15 is 0 Å². The summed E-state index contributed by atoms with van der Waals surface area (Å²) < 4.78 is 2.23. The number of benzene rings is 1. The summed E-state index contributed by atoms with van der Waals surface area (Å²) in [6.45, 7) is 12.6. The molecule has 0 aliphatic carbocycles. The highest BCUT2D eigenvalue weighted by Gasteiger charge is 2.20. The lowest BCUT2D eigenvalue weighted by molar-refractivity contribution is -0.128. The van der Waals surface area contributed by atoms with Crippen LogP contribution in [0.2, 0.25) is 0 Å². The van der Waals surface area contributed by atoms with Gasteiger partial charge in [-0.05, 0) is 38.5 Å². The maximum Gasteiger partial charge on any atom is 0.225 e. The first-order chi connectivity index (χ1) is 9.70. The van der Waals surface area contributed by atoms with E-state index in [2.05, 4.69) is 46.9 Å². The molecule has 0 atom stereocenters. The number of imidazole rings is 1. The highest BCUT2D eigenvalue weighted by atomic mass is 16.2. The number of hydrogen-bond donors (Lipinski definition) is 1. The number of carbonyl (C=O) groups excluding carboxylic acids is 1. The molecule has 1 aromatic carbocycles. The van der Waals surface area contributed by atoms with Gasteiger partial charge < -0.3 is 9.88 Å². The van der Waals surface area contributed by atoms with Crippen LogP contribution in [-0.4, -0.2) is 15.5 Å². The minimum absolute atomic E-state index is 0.0616. The molecule has 4 nitrogen and oxygen atoms in total. The first-order valence-electron chi connectivity index (χ1n) is 7.46. The van der Waals surface area contributed by atoms with E-state index in [-0.39, 0.29) is 11.3 Å². The van der Waals surface area contributed by atoms with Crippen molar-refractivity contribution >= 4 is 16.9 Å². The number of aromatic nitrogens is 2. The largest absolute Gasteiger partial charge is 0.352 e. The molecule has 0 bridgehead atoms. The van der Waals surface area contributed by atoms with Crippen LogP contribution in [0.25, 0.3) is 11.0 Å². The van der Waals surface area contributed by atoms with E-state index in [0.29, 0.717) is 12.6 Å². The number of rotatable bonds is 3. The molecule has 0 unspecified atom stereocenters. The van der Waals surface area contributed by atoms with Crippen molar-refractivity contribution < 1.29 is 4.79 Å². The molecular weight excluding hydrogens is 262 g/mol. The number of hydrogen-bond acceptors (Lipinski definition) is 2. The summed E-state index contributed by atoms with van der Waals surface area (Å²) in [7, 11) is 0. The number of carbonyl (C=O) groups is 1. The Balaban J connectivity index is 2.23. The van der Waals surface area contributed by atoms with Gasteiger partial charge in [0.2, 0.25) is 5.91 Å². The van der Waals surface area contributed by atoms with E-state index in [1.807, 2.05) is 27.7 Å². The molecule has 0 fully saturated rings. The van der Waals surface area contributed by atoms with E-state index in [1.54, 1.807) is 0 Å². The molecule has 0 radical (unpaired) electrons. The van der Waals surface area contributed by atoms with Gasteiger partial charge in [-0.3, -0.25) is 4.79 Å². The molecule has 1 amide bonds. The average molecular weight is 287 g/mol. The van der Waals surface area contributed by atoms with Gasteiger partial charge in [0.25, 0.3) is 0 Å². The van der Waals surface area contributed by atoms with Crippen molar-refractivity contribution in [2.24, 2.45) is 5.41 Å². The van der Waals surface area contributed by atoms with Crippen LogP contribution in [0.5, 0.6) is 0 Å². The second-order valence-corrected chi connectivity index (χ2v) is 6.88. The van der Waals surface area contributed by atoms with Crippen LogP contribution in [0.3, 0.4) is 0 Å². The molecule has 0 spiro atoms. The summed E-state index contributed by atoms with van der Waals surface area (Å²) in [4.78, 5) is 16.5. The molecule has 0 saturated carbocycles. The molecule has 4 heteroatoms. The van der Waals surface area contributed by atoms with Crippen LogP contribution in [0.4, 0.5) is 0 Å². The van der Waals surface area contributed by atoms with Gasteiger partial charge in [-0.15, -0.1) is 0 Å². The van der Waals surface area contributed by atoms with Crippen molar-refractivity contribution in [3.63, 3.8) is 0 Å². The van der Waals surface area contributed by atoms with Crippen molar-refractivity contribution in [1.29, 1.82) is 0 Å². The van der Waals surface area contributed by atoms with E-state index in [1.165, 1.54) is 0 Å². The van der Waals surface area contributed by atoms with Gasteiger partial charge in [-0.1, -0.05) is 26.8 Å². The third-order valence-electron chi connectivity index (χ3n) is 3.58. The van der Waals surface area contributed by atoms with Gasteiger partial charge >= 0.3 is 0 Å². The van der Waals surface area contributed by atoms with E-state index < -0.39 is 0 Å². The summed E-state index contributed by atoms with van der Waals surface area (Å²) in [5.41, 5.74) is 2.85. The number of amides is 1. The number of fused-ring (bicyclic) bond motifs is 1. The second kappa shape index (κ2) is 5.51. The highest BCUT2D eigenvalue weighted by Crippen LogP contribution is 2.22. The van der Waals surface area contributed by atoms with Crippen LogP contribution in [0.1, 0.15) is 52.0 Å². The molecule has 1 N–H and O–H groups in total. The molecule has 0 aliphatic rings. The van der Waals surface area contributed by atoms with E-state index in [4.69, 9.17) is 0 Å². The SMILES string of the molecule is Cc1nc2cc(CNC(=O)C(C)(C)C)ccc2n1C(C)C. The third-order valence-corrected chi connectivity index (χ3v) is 3.58. The van der Waals surface area contributed by atoms with Gasteiger partial charge in [-0.2, -0.15) is 0 Å². The number of nitrogens with one attached hydrogen (secondary N) is 1. The van der Waals surface area contributed by atoms with Crippen molar-refractivity contribution in [3.05, 3.63) is 29.6 Å². The van der Waals surface area contributed by atoms with Crippen LogP contribution >= 0.6 is 0 Å². The minimum atomic E-state index is -0.361. The molecule has 21 heavy (non-hydrogen) atoms. The molecule has 1 heterocycles. The van der Waals surface area contributed by atoms with Crippen molar-refractivity contribution in [3.8, 4) is 0 Å². The Labute approximate surface area is 126 Å². The third kappa shape index (κ3) is 3.26. The van der Waals surface area contributed by atoms with Crippen molar-refractivity contribution in [2.75, 3.05) is 0 Å². The Morgan fingerprint density at radius 1 is 1.33 bits per heavy atom. The Bertz CT molecular complexity index is 662. The van der Waals surface area contributed by atoms with Crippen LogP contribution in [-0.2, 0) is 11.3 Å². The van der Waals surface area contributed by atoms with Crippen LogP contribution < -0.4 is 5.32 Å². The average Bonchev–Trinajstić information content (AvgIpc) is 2.69. The first-order valence-corrected chi connectivity index (χ1v) is 7.46. The van der Waals surface area contributed by atoms with Gasteiger partial charge in [0.1, 0.15) is 5.82 Å². The van der Waals surface area contributed by atoms with E-state index in [0.717, 1.165) is 22.4 Å². The maximum absolute atomic E-state index is 11.9. The molecule has 2 rings (SSSR count). The van der Waals surface area contributed by atoms with Crippen molar-refractivity contribution in [2.45, 2.75) is 54.1 Å². The lowest BCUT2D eigenvalue weighted by Crippen LogP contribution is -2.34. The Morgan fingerprint density at radius 3 is 2.57 bits per heavy atom. The summed E-state index contributed by atoms with van der Waals surface area (Å²) in [5.74, 6) is 1.09. The monoisotopic (exact) mass is 287 g/mol.